The molecule has 0 aliphatic heterocycles. The van der Waals surface area contributed by atoms with Gasteiger partial charge >= 0.3 is 0 Å². The third kappa shape index (κ3) is 7.18. The van der Waals surface area contributed by atoms with Crippen molar-refractivity contribution in [3.63, 3.8) is 0 Å². The average molecular weight is 594 g/mol. The smallest absolute Gasteiger partial charge is 0.270 e. The Labute approximate surface area is 240 Å². The van der Waals surface area contributed by atoms with E-state index in [1.54, 1.807) is 35.9 Å². The Morgan fingerprint density at radius 3 is 2.79 bits per heavy atom. The molecule has 38 heavy (non-hydrogen) atoms. The number of nitrogens with zero attached hydrogens (tertiary/aromatic N) is 5. The molecule has 0 spiro atoms. The molecule has 12 heteroatoms. The lowest BCUT2D eigenvalue weighted by Crippen LogP contribution is -2.33. The number of rotatable bonds is 13. The zero-order valence-electron chi connectivity index (χ0n) is 21.5. The van der Waals surface area contributed by atoms with E-state index in [-0.39, 0.29) is 11.9 Å². The number of carbonyl (C=O) groups is 1. The van der Waals surface area contributed by atoms with Crippen molar-refractivity contribution in [1.29, 1.82) is 0 Å². The van der Waals surface area contributed by atoms with Crippen LogP contribution >= 0.6 is 46.3 Å². The van der Waals surface area contributed by atoms with Crippen LogP contribution in [0.3, 0.4) is 0 Å². The van der Waals surface area contributed by atoms with Crippen molar-refractivity contribution in [3.8, 4) is 17.3 Å². The summed E-state index contributed by atoms with van der Waals surface area (Å²) in [5, 5.41) is 16.0. The normalized spacial score (nSPS) is 12.3. The fraction of sp³-hybridized carbons (Fsp3) is 0.385. The van der Waals surface area contributed by atoms with Crippen molar-refractivity contribution in [3.05, 3.63) is 62.7 Å². The van der Waals surface area contributed by atoms with E-state index in [1.807, 2.05) is 17.6 Å². The second-order valence-electron chi connectivity index (χ2n) is 8.67. The predicted octanol–water partition coefficient (Wildman–Crippen LogP) is 6.82. The Balaban J connectivity index is 1.42. The number of thioether (sulfide) groups is 1. The number of hydrogen-bond acceptors (Lipinski definition) is 8. The van der Waals surface area contributed by atoms with Crippen molar-refractivity contribution in [2.75, 3.05) is 19.6 Å². The molecule has 3 heterocycles. The van der Waals surface area contributed by atoms with Gasteiger partial charge in [-0.2, -0.15) is 0 Å². The highest BCUT2D eigenvalue weighted by molar-refractivity contribution is 7.98. The van der Waals surface area contributed by atoms with E-state index < -0.39 is 0 Å². The van der Waals surface area contributed by atoms with E-state index in [4.69, 9.17) is 27.6 Å². The maximum Gasteiger partial charge on any atom is 0.270 e. The maximum atomic E-state index is 12.7. The molecule has 0 saturated heterocycles. The van der Waals surface area contributed by atoms with E-state index in [0.29, 0.717) is 43.9 Å². The van der Waals surface area contributed by atoms with Crippen LogP contribution in [0.2, 0.25) is 10.0 Å². The summed E-state index contributed by atoms with van der Waals surface area (Å²) in [6.07, 6.45) is 3.54. The maximum absolute atomic E-state index is 12.7. The molecule has 0 aliphatic carbocycles. The number of nitrogens with one attached hydrogen (secondary N) is 1. The van der Waals surface area contributed by atoms with Gasteiger partial charge in [-0.05, 0) is 69.7 Å². The number of furan rings is 1. The minimum Gasteiger partial charge on any atom is -0.461 e. The van der Waals surface area contributed by atoms with Crippen LogP contribution in [0.1, 0.15) is 49.1 Å². The van der Waals surface area contributed by atoms with E-state index in [1.165, 1.54) is 23.1 Å². The standard InChI is InChI=1S/C26H30Cl2N6O2S2/c1-4-33(5-2)12-6-8-17(3)29-25(35)20-15-37-23(30-20)16-38-26-32-31-24(22-9-7-13-36-22)34(26)21-14-18(27)10-11-19(21)28/h7,9-11,13-15,17H,4-6,8,12,16H2,1-3H3,(H,29,35). The molecule has 0 bridgehead atoms. The number of hydrogen-bond donors (Lipinski definition) is 1. The molecular weight excluding hydrogens is 563 g/mol. The summed E-state index contributed by atoms with van der Waals surface area (Å²) in [6.45, 7) is 9.50. The van der Waals surface area contributed by atoms with Crippen molar-refractivity contribution < 1.29 is 9.21 Å². The van der Waals surface area contributed by atoms with Gasteiger partial charge in [0.2, 0.25) is 5.82 Å². The van der Waals surface area contributed by atoms with Crippen LogP contribution in [0.25, 0.3) is 17.3 Å². The molecule has 0 radical (unpaired) electrons. The Morgan fingerprint density at radius 1 is 1.24 bits per heavy atom. The van der Waals surface area contributed by atoms with Gasteiger partial charge in [-0.25, -0.2) is 4.98 Å². The number of carbonyl (C=O) groups excluding carboxylic acids is 1. The van der Waals surface area contributed by atoms with Crippen molar-refractivity contribution in [2.45, 2.75) is 50.6 Å². The first-order valence-corrected chi connectivity index (χ1v) is 15.1. The van der Waals surface area contributed by atoms with Gasteiger partial charge in [-0.1, -0.05) is 48.8 Å². The number of aromatic nitrogens is 4. The van der Waals surface area contributed by atoms with Crippen LogP contribution in [-0.2, 0) is 5.75 Å². The summed E-state index contributed by atoms with van der Waals surface area (Å²) in [7, 11) is 0. The SMILES string of the molecule is CCN(CC)CCCC(C)NC(=O)c1csc(CSc2nnc(-c3ccco3)n2-c2cc(Cl)ccc2Cl)n1. The minimum atomic E-state index is -0.151. The molecule has 4 rings (SSSR count). The monoisotopic (exact) mass is 592 g/mol. The summed E-state index contributed by atoms with van der Waals surface area (Å²) >= 11 is 15.7. The lowest BCUT2D eigenvalue weighted by molar-refractivity contribution is 0.0932. The third-order valence-electron chi connectivity index (χ3n) is 6.02. The van der Waals surface area contributed by atoms with Gasteiger partial charge in [-0.3, -0.25) is 9.36 Å². The first kappa shape index (κ1) is 28.6. The van der Waals surface area contributed by atoms with Gasteiger partial charge in [0.05, 0.1) is 22.7 Å². The molecule has 1 atom stereocenters. The predicted molar refractivity (Wildman–Crippen MR) is 155 cm³/mol. The third-order valence-corrected chi connectivity index (χ3v) is 8.54. The lowest BCUT2D eigenvalue weighted by Gasteiger charge is -2.19. The molecule has 0 fully saturated rings. The van der Waals surface area contributed by atoms with Crippen LogP contribution in [0.4, 0.5) is 0 Å². The molecule has 1 aromatic carbocycles. The highest BCUT2D eigenvalue weighted by Crippen LogP contribution is 2.34. The quantitative estimate of drug-likeness (QED) is 0.170. The molecular formula is C26H30Cl2N6O2S2. The van der Waals surface area contributed by atoms with Crippen molar-refractivity contribution in [1.82, 2.24) is 30.0 Å². The van der Waals surface area contributed by atoms with E-state index in [0.717, 1.165) is 37.5 Å². The number of thiazole rings is 1. The van der Waals surface area contributed by atoms with E-state index in [9.17, 15) is 4.79 Å². The lowest BCUT2D eigenvalue weighted by atomic mass is 10.1. The summed E-state index contributed by atoms with van der Waals surface area (Å²) in [4.78, 5) is 19.7. The molecule has 1 unspecified atom stereocenters. The van der Waals surface area contributed by atoms with Crippen LogP contribution in [-0.4, -0.2) is 56.2 Å². The van der Waals surface area contributed by atoms with Crippen LogP contribution in [0.15, 0.2) is 51.5 Å². The Kier molecular flexibility index (Phi) is 10.3. The molecule has 1 N–H and O–H groups in total. The van der Waals surface area contributed by atoms with Crippen LogP contribution < -0.4 is 5.32 Å². The van der Waals surface area contributed by atoms with Crippen LogP contribution in [0.5, 0.6) is 0 Å². The summed E-state index contributed by atoms with van der Waals surface area (Å²) < 4.78 is 7.39. The summed E-state index contributed by atoms with van der Waals surface area (Å²) in [5.41, 5.74) is 1.07. The minimum absolute atomic E-state index is 0.0820. The van der Waals surface area contributed by atoms with E-state index in [2.05, 4.69) is 39.2 Å². The Morgan fingerprint density at radius 2 is 2.05 bits per heavy atom. The fourth-order valence-electron chi connectivity index (χ4n) is 3.94. The molecule has 3 aromatic heterocycles. The second kappa shape index (κ2) is 13.6. The van der Waals surface area contributed by atoms with Gasteiger partial charge in [0.25, 0.3) is 5.91 Å². The molecule has 1 amide bonds. The molecule has 8 nitrogen and oxygen atoms in total. The Bertz CT molecular complexity index is 1340. The van der Waals surface area contributed by atoms with Gasteiger partial charge in [0, 0.05) is 16.4 Å². The first-order chi connectivity index (χ1) is 18.4. The van der Waals surface area contributed by atoms with Crippen LogP contribution in [0, 0.1) is 0 Å². The molecule has 202 valence electrons. The highest BCUT2D eigenvalue weighted by atomic mass is 35.5. The molecule has 4 aromatic rings. The molecule has 0 saturated carbocycles. The topological polar surface area (TPSA) is 89.1 Å². The Hall–Kier alpha value is -2.37. The zero-order chi connectivity index (χ0) is 27.1. The molecule has 0 aliphatic rings. The second-order valence-corrected chi connectivity index (χ2v) is 11.4. The highest BCUT2D eigenvalue weighted by Gasteiger charge is 2.21. The van der Waals surface area contributed by atoms with Crippen molar-refractivity contribution in [2.24, 2.45) is 0 Å². The summed E-state index contributed by atoms with van der Waals surface area (Å²) in [5.74, 6) is 1.42. The number of halogens is 2. The van der Waals surface area contributed by atoms with Gasteiger partial charge in [0.1, 0.15) is 10.7 Å². The van der Waals surface area contributed by atoms with Gasteiger partial charge in [-0.15, -0.1) is 21.5 Å². The van der Waals surface area contributed by atoms with Gasteiger partial charge < -0.3 is 14.6 Å². The average Bonchev–Trinajstić information content (AvgIpc) is 3.67. The fourth-order valence-corrected chi connectivity index (χ4v) is 6.05. The van der Waals surface area contributed by atoms with Crippen molar-refractivity contribution >= 4 is 52.2 Å². The zero-order valence-corrected chi connectivity index (χ0v) is 24.6. The van der Waals surface area contributed by atoms with Gasteiger partial charge in [0.15, 0.2) is 10.9 Å². The largest absolute Gasteiger partial charge is 0.461 e. The van der Waals surface area contributed by atoms with E-state index >= 15 is 0 Å². The summed E-state index contributed by atoms with van der Waals surface area (Å²) in [6, 6.07) is 8.90. The first-order valence-electron chi connectivity index (χ1n) is 12.4. The number of amides is 1. The number of benzene rings is 1.